The molecule has 3 rings (SSSR count). The predicted octanol–water partition coefficient (Wildman–Crippen LogP) is 2.54. The first-order valence-electron chi connectivity index (χ1n) is 9.46. The van der Waals surface area contributed by atoms with E-state index in [1.54, 1.807) is 4.68 Å². The zero-order chi connectivity index (χ0) is 19.6. The van der Waals surface area contributed by atoms with Gasteiger partial charge in [0.2, 0.25) is 0 Å². The van der Waals surface area contributed by atoms with Crippen LogP contribution in [-0.4, -0.2) is 57.9 Å². The number of carboxylic acids is 1. The van der Waals surface area contributed by atoms with Gasteiger partial charge in [-0.15, -0.1) is 0 Å². The average molecular weight is 371 g/mol. The molecule has 0 radical (unpaired) electrons. The summed E-state index contributed by atoms with van der Waals surface area (Å²) < 4.78 is 1.68. The first-order valence-corrected chi connectivity index (χ1v) is 9.46. The normalized spacial score (nSPS) is 17.2. The summed E-state index contributed by atoms with van der Waals surface area (Å²) in [5.41, 5.74) is 1.13. The van der Waals surface area contributed by atoms with E-state index in [0.29, 0.717) is 12.8 Å². The van der Waals surface area contributed by atoms with Crippen LogP contribution in [0.5, 0.6) is 0 Å². The number of hydrogen-bond donors (Lipinski definition) is 1. The Kier molecular flexibility index (Phi) is 5.51. The highest BCUT2D eigenvalue weighted by molar-refractivity contribution is 5.76. The highest BCUT2D eigenvalue weighted by Crippen LogP contribution is 2.31. The topological polar surface area (TPSA) is 74.5 Å². The van der Waals surface area contributed by atoms with Crippen molar-refractivity contribution in [3.63, 3.8) is 0 Å². The summed E-state index contributed by atoms with van der Waals surface area (Å²) in [6.45, 7) is 6.36. The number of nitrogens with zero attached hydrogens (tertiary/aromatic N) is 5. The molecular weight excluding hydrogens is 342 g/mol. The van der Waals surface area contributed by atoms with E-state index in [1.165, 1.54) is 0 Å². The van der Waals surface area contributed by atoms with Gasteiger partial charge in [0.1, 0.15) is 5.82 Å². The maximum absolute atomic E-state index is 12.1. The van der Waals surface area contributed by atoms with Crippen LogP contribution >= 0.6 is 0 Å². The zero-order valence-electron chi connectivity index (χ0n) is 16.6. The number of anilines is 1. The molecule has 1 saturated heterocycles. The average Bonchev–Trinajstić information content (AvgIpc) is 3.13. The molecule has 0 aliphatic carbocycles. The molecule has 2 aromatic heterocycles. The van der Waals surface area contributed by atoms with E-state index in [-0.39, 0.29) is 5.92 Å². The Morgan fingerprint density at radius 3 is 2.44 bits per heavy atom. The molecule has 0 saturated carbocycles. The Bertz CT molecular complexity index is 774. The molecule has 7 heteroatoms. The van der Waals surface area contributed by atoms with Crippen LogP contribution in [0, 0.1) is 0 Å². The van der Waals surface area contributed by atoms with Gasteiger partial charge in [-0.1, -0.05) is 19.9 Å². The van der Waals surface area contributed by atoms with E-state index in [0.717, 1.165) is 36.7 Å². The van der Waals surface area contributed by atoms with Crippen molar-refractivity contribution in [3.05, 3.63) is 41.9 Å². The number of aromatic nitrogens is 3. The van der Waals surface area contributed by atoms with E-state index in [9.17, 15) is 9.90 Å². The van der Waals surface area contributed by atoms with Gasteiger partial charge >= 0.3 is 5.97 Å². The Morgan fingerprint density at radius 2 is 1.96 bits per heavy atom. The summed E-state index contributed by atoms with van der Waals surface area (Å²) in [4.78, 5) is 20.9. The number of piperidine rings is 1. The molecule has 3 heterocycles. The molecule has 146 valence electrons. The molecular formula is C20H29N5O2. The first kappa shape index (κ1) is 19.4. The molecule has 2 aromatic rings. The summed E-state index contributed by atoms with van der Waals surface area (Å²) in [6.07, 6.45) is 4.81. The smallest absolute Gasteiger partial charge is 0.331 e. The molecule has 27 heavy (non-hydrogen) atoms. The van der Waals surface area contributed by atoms with Crippen molar-refractivity contribution in [2.24, 2.45) is 0 Å². The first-order chi connectivity index (χ1) is 12.8. The maximum Gasteiger partial charge on any atom is 0.331 e. The fourth-order valence-electron chi connectivity index (χ4n) is 3.54. The second kappa shape index (κ2) is 7.68. The van der Waals surface area contributed by atoms with E-state index in [4.69, 9.17) is 0 Å². The summed E-state index contributed by atoms with van der Waals surface area (Å²) in [6, 6.07) is 6.03. The third kappa shape index (κ3) is 3.98. The lowest BCUT2D eigenvalue weighted by molar-refractivity contribution is -0.151. The Balaban J connectivity index is 1.68. The number of hydrogen-bond acceptors (Lipinski definition) is 5. The van der Waals surface area contributed by atoms with Gasteiger partial charge in [-0.2, -0.15) is 5.10 Å². The lowest BCUT2D eigenvalue weighted by atomic mass is 9.87. The third-order valence-corrected chi connectivity index (χ3v) is 5.39. The monoisotopic (exact) mass is 371 g/mol. The largest absolute Gasteiger partial charge is 0.479 e. The van der Waals surface area contributed by atoms with Crippen LogP contribution in [0.3, 0.4) is 0 Å². The lowest BCUT2D eigenvalue weighted by Gasteiger charge is -2.39. The molecule has 0 atom stereocenters. The number of aliphatic carboxylic acids is 1. The van der Waals surface area contributed by atoms with Crippen LogP contribution in [-0.2, 0) is 16.9 Å². The summed E-state index contributed by atoms with van der Waals surface area (Å²) >= 11 is 0. The SMILES string of the molecule is CC(C)c1ccn(C2(C(=O)O)CCN(Cc3ccc(N(C)C)nc3)CC2)n1. The maximum atomic E-state index is 12.1. The standard InChI is InChI=1S/C20H29N5O2/c1-15(2)17-7-10-25(22-17)20(19(26)27)8-11-24(12-9-20)14-16-5-6-18(21-13-16)23(3)4/h5-7,10,13,15H,8-9,11-12,14H2,1-4H3,(H,26,27). The third-order valence-electron chi connectivity index (χ3n) is 5.39. The lowest BCUT2D eigenvalue weighted by Crippen LogP contribution is -2.51. The van der Waals surface area contributed by atoms with Gasteiger partial charge in [0.05, 0.1) is 5.69 Å². The second-order valence-corrected chi connectivity index (χ2v) is 7.87. The van der Waals surface area contributed by atoms with Crippen LogP contribution in [0.4, 0.5) is 5.82 Å². The van der Waals surface area contributed by atoms with E-state index >= 15 is 0 Å². The van der Waals surface area contributed by atoms with E-state index in [1.807, 2.05) is 43.5 Å². The van der Waals surface area contributed by atoms with Crippen LogP contribution in [0.25, 0.3) is 0 Å². The molecule has 0 amide bonds. The van der Waals surface area contributed by atoms with E-state index in [2.05, 4.69) is 34.9 Å². The highest BCUT2D eigenvalue weighted by atomic mass is 16.4. The molecule has 1 aliphatic rings. The number of likely N-dealkylation sites (tertiary alicyclic amines) is 1. The number of pyridine rings is 1. The van der Waals surface area contributed by atoms with Gasteiger partial charge in [0.25, 0.3) is 0 Å². The molecule has 1 fully saturated rings. The minimum atomic E-state index is -0.948. The van der Waals surface area contributed by atoms with Crippen molar-refractivity contribution in [2.75, 3.05) is 32.1 Å². The van der Waals surface area contributed by atoms with Crippen LogP contribution < -0.4 is 4.90 Å². The van der Waals surface area contributed by atoms with Gasteiger partial charge in [-0.05, 0) is 36.5 Å². The van der Waals surface area contributed by atoms with Crippen LogP contribution in [0.2, 0.25) is 0 Å². The molecule has 1 aliphatic heterocycles. The number of carbonyl (C=O) groups is 1. The zero-order valence-corrected chi connectivity index (χ0v) is 16.6. The summed E-state index contributed by atoms with van der Waals surface area (Å²) in [5.74, 6) is 0.425. The minimum Gasteiger partial charge on any atom is -0.479 e. The van der Waals surface area contributed by atoms with Gasteiger partial charge in [-0.3, -0.25) is 9.58 Å². The predicted molar refractivity (Wildman–Crippen MR) is 105 cm³/mol. The Labute approximate surface area is 160 Å². The molecule has 0 bridgehead atoms. The number of carboxylic acid groups (broad SMARTS) is 1. The quantitative estimate of drug-likeness (QED) is 0.841. The fraction of sp³-hybridized carbons (Fsp3) is 0.550. The highest BCUT2D eigenvalue weighted by Gasteiger charge is 2.44. The Morgan fingerprint density at radius 1 is 1.26 bits per heavy atom. The fourth-order valence-corrected chi connectivity index (χ4v) is 3.54. The Hall–Kier alpha value is -2.41. The van der Waals surface area contributed by atoms with Gasteiger partial charge < -0.3 is 10.0 Å². The van der Waals surface area contributed by atoms with Crippen molar-refractivity contribution in [1.29, 1.82) is 0 Å². The van der Waals surface area contributed by atoms with Gasteiger partial charge in [0, 0.05) is 46.1 Å². The van der Waals surface area contributed by atoms with Crippen molar-refractivity contribution in [3.8, 4) is 0 Å². The van der Waals surface area contributed by atoms with Crippen molar-refractivity contribution < 1.29 is 9.90 Å². The van der Waals surface area contributed by atoms with Crippen molar-refractivity contribution >= 4 is 11.8 Å². The van der Waals surface area contributed by atoms with Gasteiger partial charge in [-0.25, -0.2) is 9.78 Å². The van der Waals surface area contributed by atoms with E-state index < -0.39 is 11.5 Å². The van der Waals surface area contributed by atoms with Crippen molar-refractivity contribution in [1.82, 2.24) is 19.7 Å². The summed E-state index contributed by atoms with van der Waals surface area (Å²) in [7, 11) is 3.94. The summed E-state index contributed by atoms with van der Waals surface area (Å²) in [5, 5.41) is 14.5. The molecule has 0 spiro atoms. The molecule has 1 N–H and O–H groups in total. The number of rotatable bonds is 6. The molecule has 0 unspecified atom stereocenters. The molecule has 0 aromatic carbocycles. The van der Waals surface area contributed by atoms with Crippen molar-refractivity contribution in [2.45, 2.75) is 44.7 Å². The molecule has 7 nitrogen and oxygen atoms in total. The van der Waals surface area contributed by atoms with Gasteiger partial charge in [0.15, 0.2) is 5.54 Å². The van der Waals surface area contributed by atoms with Crippen LogP contribution in [0.15, 0.2) is 30.6 Å². The second-order valence-electron chi connectivity index (χ2n) is 7.87. The van der Waals surface area contributed by atoms with Crippen LogP contribution in [0.1, 0.15) is 43.9 Å². The minimum absolute atomic E-state index is 0.287.